The first-order valence-electron chi connectivity index (χ1n) is 8.73. The van der Waals surface area contributed by atoms with E-state index in [0.717, 1.165) is 48.1 Å². The summed E-state index contributed by atoms with van der Waals surface area (Å²) in [5.74, 6) is 0.632. The van der Waals surface area contributed by atoms with Gasteiger partial charge in [0, 0.05) is 41.2 Å². The Morgan fingerprint density at radius 1 is 1.27 bits per heavy atom. The Labute approximate surface area is 171 Å². The van der Waals surface area contributed by atoms with Gasteiger partial charge < -0.3 is 10.2 Å². The van der Waals surface area contributed by atoms with Gasteiger partial charge in [-0.1, -0.05) is 11.6 Å². The molecular formula is C19H24Cl3N3O. The van der Waals surface area contributed by atoms with Gasteiger partial charge in [0.25, 0.3) is 5.91 Å². The number of likely N-dealkylation sites (tertiary alicyclic amines) is 1. The fourth-order valence-electron chi connectivity index (χ4n) is 3.69. The zero-order valence-corrected chi connectivity index (χ0v) is 17.1. The fraction of sp³-hybridized carbons (Fsp3) is 0.474. The summed E-state index contributed by atoms with van der Waals surface area (Å²) in [6, 6.07) is 7.93. The SMILES string of the molecule is CNCC1CCCN1C(=O)c1cc(C2CC2)nc2ccc(Cl)cc12.Cl.Cl. The molecule has 2 fully saturated rings. The van der Waals surface area contributed by atoms with Crippen LogP contribution in [0.1, 0.15) is 47.7 Å². The third-order valence-corrected chi connectivity index (χ3v) is 5.33. The van der Waals surface area contributed by atoms with Crippen molar-refractivity contribution in [2.75, 3.05) is 20.1 Å². The standard InChI is InChI=1S/C19H22ClN3O.2ClH/c1-21-11-14-3-2-8-23(14)19(24)16-10-18(12-4-5-12)22-17-7-6-13(20)9-15(16)17;;/h6-7,9-10,12,14,21H,2-5,8,11H2,1H3;2*1H. The minimum Gasteiger partial charge on any atom is -0.334 e. The highest BCUT2D eigenvalue weighted by atomic mass is 35.5. The van der Waals surface area contributed by atoms with Gasteiger partial charge in [-0.05, 0) is 57.0 Å². The van der Waals surface area contributed by atoms with E-state index in [9.17, 15) is 4.79 Å². The van der Waals surface area contributed by atoms with Crippen LogP contribution in [-0.2, 0) is 0 Å². The van der Waals surface area contributed by atoms with Crippen LogP contribution in [0.25, 0.3) is 10.9 Å². The summed E-state index contributed by atoms with van der Waals surface area (Å²) < 4.78 is 0. The number of benzene rings is 1. The van der Waals surface area contributed by atoms with Gasteiger partial charge in [0.2, 0.25) is 0 Å². The van der Waals surface area contributed by atoms with Crippen molar-refractivity contribution in [2.45, 2.75) is 37.6 Å². The molecule has 2 aromatic rings. The molecule has 1 amide bonds. The van der Waals surface area contributed by atoms with Crippen LogP contribution in [0.5, 0.6) is 0 Å². The minimum absolute atomic E-state index is 0. The molecule has 2 aliphatic rings. The highest BCUT2D eigenvalue weighted by molar-refractivity contribution is 6.31. The van der Waals surface area contributed by atoms with Crippen LogP contribution in [0.2, 0.25) is 5.02 Å². The zero-order valence-electron chi connectivity index (χ0n) is 14.7. The molecule has 0 spiro atoms. The molecule has 7 heteroatoms. The molecule has 1 unspecified atom stereocenters. The number of halogens is 3. The van der Waals surface area contributed by atoms with Gasteiger partial charge in [-0.25, -0.2) is 0 Å². The van der Waals surface area contributed by atoms with Gasteiger partial charge in [0.15, 0.2) is 0 Å². The number of amides is 1. The molecule has 1 saturated heterocycles. The number of nitrogens with one attached hydrogen (secondary N) is 1. The van der Waals surface area contributed by atoms with Gasteiger partial charge >= 0.3 is 0 Å². The number of nitrogens with zero attached hydrogens (tertiary/aromatic N) is 2. The number of aromatic nitrogens is 1. The third kappa shape index (κ3) is 4.09. The summed E-state index contributed by atoms with van der Waals surface area (Å²) in [4.78, 5) is 20.1. The predicted molar refractivity (Wildman–Crippen MR) is 111 cm³/mol. The smallest absolute Gasteiger partial charge is 0.254 e. The van der Waals surface area contributed by atoms with E-state index < -0.39 is 0 Å². The molecule has 4 rings (SSSR count). The van der Waals surface area contributed by atoms with Crippen LogP contribution in [0.15, 0.2) is 24.3 Å². The second-order valence-corrected chi connectivity index (χ2v) is 7.32. The number of pyridine rings is 1. The van der Waals surface area contributed by atoms with Crippen LogP contribution >= 0.6 is 36.4 Å². The number of rotatable bonds is 4. The van der Waals surface area contributed by atoms with E-state index >= 15 is 0 Å². The second kappa shape index (κ2) is 8.75. The molecule has 1 aromatic heterocycles. The van der Waals surface area contributed by atoms with E-state index in [0.29, 0.717) is 10.9 Å². The van der Waals surface area contributed by atoms with E-state index in [4.69, 9.17) is 16.6 Å². The van der Waals surface area contributed by atoms with Gasteiger partial charge in [-0.3, -0.25) is 9.78 Å². The van der Waals surface area contributed by atoms with Crippen molar-refractivity contribution in [3.8, 4) is 0 Å². The Hall–Kier alpha value is -1.07. The zero-order chi connectivity index (χ0) is 16.7. The largest absolute Gasteiger partial charge is 0.334 e. The lowest BCUT2D eigenvalue weighted by Crippen LogP contribution is -2.41. The molecule has 1 atom stereocenters. The van der Waals surface area contributed by atoms with Crippen molar-refractivity contribution >= 4 is 53.2 Å². The summed E-state index contributed by atoms with van der Waals surface area (Å²) in [5.41, 5.74) is 2.68. The van der Waals surface area contributed by atoms with E-state index in [1.165, 1.54) is 12.8 Å². The number of carbonyl (C=O) groups excluding carboxylic acids is 1. The minimum atomic E-state index is 0. The van der Waals surface area contributed by atoms with Crippen LogP contribution in [0, 0.1) is 0 Å². The first-order chi connectivity index (χ1) is 11.7. The van der Waals surface area contributed by atoms with Gasteiger partial charge in [-0.15, -0.1) is 24.8 Å². The van der Waals surface area contributed by atoms with E-state index in [-0.39, 0.29) is 36.8 Å². The third-order valence-electron chi connectivity index (χ3n) is 5.09. The normalized spacial score (nSPS) is 19.2. The summed E-state index contributed by atoms with van der Waals surface area (Å²) in [7, 11) is 1.94. The molecule has 142 valence electrons. The molecule has 4 nitrogen and oxygen atoms in total. The maximum Gasteiger partial charge on any atom is 0.254 e. The molecule has 26 heavy (non-hydrogen) atoms. The van der Waals surface area contributed by atoms with Crippen LogP contribution in [-0.4, -0.2) is 42.0 Å². The second-order valence-electron chi connectivity index (χ2n) is 6.88. The van der Waals surface area contributed by atoms with Gasteiger partial charge in [-0.2, -0.15) is 0 Å². The molecule has 1 aliphatic carbocycles. The molecule has 1 saturated carbocycles. The lowest BCUT2D eigenvalue weighted by Gasteiger charge is -2.25. The average molecular weight is 417 g/mol. The quantitative estimate of drug-likeness (QED) is 0.802. The predicted octanol–water partition coefficient (Wildman–Crippen LogP) is 4.43. The summed E-state index contributed by atoms with van der Waals surface area (Å²) in [6.07, 6.45) is 4.47. The Morgan fingerprint density at radius 3 is 2.73 bits per heavy atom. The van der Waals surface area contributed by atoms with E-state index in [2.05, 4.69) is 5.32 Å². The van der Waals surface area contributed by atoms with Crippen molar-refractivity contribution in [1.82, 2.24) is 15.2 Å². The first-order valence-corrected chi connectivity index (χ1v) is 9.11. The first kappa shape index (κ1) is 21.2. The highest BCUT2D eigenvalue weighted by Crippen LogP contribution is 2.40. The highest BCUT2D eigenvalue weighted by Gasteiger charge is 2.32. The summed E-state index contributed by atoms with van der Waals surface area (Å²) in [6.45, 7) is 1.67. The Kier molecular flexibility index (Phi) is 7.14. The van der Waals surface area contributed by atoms with Gasteiger partial charge in [0.1, 0.15) is 0 Å². The number of hydrogen-bond donors (Lipinski definition) is 1. The van der Waals surface area contributed by atoms with Crippen LogP contribution in [0.3, 0.4) is 0 Å². The Balaban J connectivity index is 0.00000121. The van der Waals surface area contributed by atoms with Crippen LogP contribution in [0.4, 0.5) is 0 Å². The molecule has 0 radical (unpaired) electrons. The Bertz CT molecular complexity index is 795. The molecule has 1 aromatic carbocycles. The average Bonchev–Trinajstić information content (AvgIpc) is 3.33. The lowest BCUT2D eigenvalue weighted by atomic mass is 10.0. The molecule has 1 aliphatic heterocycles. The van der Waals surface area contributed by atoms with E-state index in [1.54, 1.807) is 0 Å². The van der Waals surface area contributed by atoms with Crippen LogP contribution < -0.4 is 5.32 Å². The van der Waals surface area contributed by atoms with Crippen molar-refractivity contribution in [2.24, 2.45) is 0 Å². The lowest BCUT2D eigenvalue weighted by molar-refractivity contribution is 0.0739. The molecule has 0 bridgehead atoms. The summed E-state index contributed by atoms with van der Waals surface area (Å²) >= 11 is 6.19. The number of hydrogen-bond acceptors (Lipinski definition) is 3. The Morgan fingerprint density at radius 2 is 2.04 bits per heavy atom. The van der Waals surface area contributed by atoms with Crippen molar-refractivity contribution in [3.05, 3.63) is 40.5 Å². The van der Waals surface area contributed by atoms with Crippen molar-refractivity contribution in [3.63, 3.8) is 0 Å². The van der Waals surface area contributed by atoms with Gasteiger partial charge in [0.05, 0.1) is 11.1 Å². The number of carbonyl (C=O) groups is 1. The van der Waals surface area contributed by atoms with Crippen molar-refractivity contribution in [1.29, 1.82) is 0 Å². The van der Waals surface area contributed by atoms with E-state index in [1.807, 2.05) is 36.2 Å². The monoisotopic (exact) mass is 415 g/mol. The topological polar surface area (TPSA) is 45.2 Å². The molecule has 1 N–H and O–H groups in total. The summed E-state index contributed by atoms with van der Waals surface area (Å²) in [5, 5.41) is 4.72. The van der Waals surface area contributed by atoms with Crippen molar-refractivity contribution < 1.29 is 4.79 Å². The fourth-order valence-corrected chi connectivity index (χ4v) is 3.86. The number of fused-ring (bicyclic) bond motifs is 1. The maximum atomic E-state index is 13.3. The maximum absolute atomic E-state index is 13.3. The molecular weight excluding hydrogens is 393 g/mol. The molecule has 2 heterocycles. The number of likely N-dealkylation sites (N-methyl/N-ethyl adjacent to an activating group) is 1.